The molecule has 3 rings (SSSR count). The highest BCUT2D eigenvalue weighted by Gasteiger charge is 2.23. The van der Waals surface area contributed by atoms with Crippen molar-refractivity contribution in [3.05, 3.63) is 41.8 Å². The first-order valence-corrected chi connectivity index (χ1v) is 8.12. The molecule has 0 saturated heterocycles. The molecule has 120 valence electrons. The van der Waals surface area contributed by atoms with E-state index in [4.69, 9.17) is 4.52 Å². The maximum absolute atomic E-state index is 12.8. The van der Waals surface area contributed by atoms with Crippen molar-refractivity contribution in [3.63, 3.8) is 0 Å². The quantitative estimate of drug-likeness (QED) is 0.720. The number of aromatic nitrogens is 2. The fourth-order valence-corrected chi connectivity index (χ4v) is 3.15. The van der Waals surface area contributed by atoms with Crippen LogP contribution in [-0.2, 0) is 0 Å². The largest absolute Gasteiger partial charge is 0.361 e. The third-order valence-electron chi connectivity index (χ3n) is 3.38. The Bertz CT molecular complexity index is 791. The van der Waals surface area contributed by atoms with Gasteiger partial charge in [0, 0.05) is 19.2 Å². The first-order valence-electron chi connectivity index (χ1n) is 7.30. The molecule has 7 heteroatoms. The standard InChI is InChI=1S/C16H18N4O2S/c1-11-10-13(18-22-11)15(21)20(9-8-19(2)3)16-17-12-6-4-5-7-14(12)23-16/h4-7,10H,8-9H2,1-3H3. The first kappa shape index (κ1) is 15.6. The van der Waals surface area contributed by atoms with Crippen molar-refractivity contribution in [1.82, 2.24) is 15.0 Å². The fourth-order valence-electron chi connectivity index (χ4n) is 2.17. The van der Waals surface area contributed by atoms with Crippen LogP contribution in [0, 0.1) is 6.92 Å². The number of likely N-dealkylation sites (N-methyl/N-ethyl adjacent to an activating group) is 1. The van der Waals surface area contributed by atoms with Crippen molar-refractivity contribution in [2.75, 3.05) is 32.1 Å². The highest BCUT2D eigenvalue weighted by molar-refractivity contribution is 7.22. The number of thiazole rings is 1. The third kappa shape index (κ3) is 3.40. The first-order chi connectivity index (χ1) is 11.0. The van der Waals surface area contributed by atoms with E-state index in [1.165, 1.54) is 11.3 Å². The number of hydrogen-bond donors (Lipinski definition) is 0. The summed E-state index contributed by atoms with van der Waals surface area (Å²) in [7, 11) is 3.95. The Morgan fingerprint density at radius 2 is 2.04 bits per heavy atom. The summed E-state index contributed by atoms with van der Waals surface area (Å²) in [5.74, 6) is 0.424. The van der Waals surface area contributed by atoms with Gasteiger partial charge in [0.2, 0.25) is 0 Å². The monoisotopic (exact) mass is 330 g/mol. The van der Waals surface area contributed by atoms with Gasteiger partial charge in [-0.3, -0.25) is 9.69 Å². The molecule has 0 N–H and O–H groups in total. The van der Waals surface area contributed by atoms with Crippen LogP contribution in [0.1, 0.15) is 16.2 Å². The summed E-state index contributed by atoms with van der Waals surface area (Å²) >= 11 is 1.50. The van der Waals surface area contributed by atoms with Crippen LogP contribution in [0.4, 0.5) is 5.13 Å². The minimum absolute atomic E-state index is 0.192. The van der Waals surface area contributed by atoms with Crippen molar-refractivity contribution < 1.29 is 9.32 Å². The highest BCUT2D eigenvalue weighted by atomic mass is 32.1. The lowest BCUT2D eigenvalue weighted by Gasteiger charge is -2.20. The van der Waals surface area contributed by atoms with Crippen LogP contribution in [0.15, 0.2) is 34.9 Å². The van der Waals surface area contributed by atoms with Gasteiger partial charge in [-0.2, -0.15) is 0 Å². The summed E-state index contributed by atoms with van der Waals surface area (Å²) in [6, 6.07) is 9.52. The van der Waals surface area contributed by atoms with Crippen molar-refractivity contribution in [1.29, 1.82) is 0 Å². The molecule has 0 radical (unpaired) electrons. The Kier molecular flexibility index (Phi) is 4.40. The number of rotatable bonds is 5. The van der Waals surface area contributed by atoms with Crippen LogP contribution >= 0.6 is 11.3 Å². The fraction of sp³-hybridized carbons (Fsp3) is 0.312. The van der Waals surface area contributed by atoms with Crippen molar-refractivity contribution in [2.45, 2.75) is 6.92 Å². The summed E-state index contributed by atoms with van der Waals surface area (Å²) in [4.78, 5) is 21.1. The summed E-state index contributed by atoms with van der Waals surface area (Å²) < 4.78 is 6.09. The summed E-state index contributed by atoms with van der Waals surface area (Å²) in [6.45, 7) is 3.04. The second kappa shape index (κ2) is 6.47. The van der Waals surface area contributed by atoms with E-state index in [9.17, 15) is 4.79 Å². The van der Waals surface area contributed by atoms with Crippen LogP contribution in [-0.4, -0.2) is 48.1 Å². The number of nitrogens with zero attached hydrogens (tertiary/aromatic N) is 4. The zero-order chi connectivity index (χ0) is 16.4. The van der Waals surface area contributed by atoms with Gasteiger partial charge >= 0.3 is 0 Å². The molecule has 2 heterocycles. The van der Waals surface area contributed by atoms with Crippen LogP contribution in [0.3, 0.4) is 0 Å². The zero-order valence-corrected chi connectivity index (χ0v) is 14.1. The molecule has 2 aromatic heterocycles. The van der Waals surface area contributed by atoms with Gasteiger partial charge in [-0.25, -0.2) is 4.98 Å². The number of carbonyl (C=O) groups excluding carboxylic acids is 1. The average Bonchev–Trinajstić information content (AvgIpc) is 3.12. The molecular weight excluding hydrogens is 312 g/mol. The number of benzene rings is 1. The predicted octanol–water partition coefficient (Wildman–Crippen LogP) is 2.80. The second-order valence-electron chi connectivity index (χ2n) is 5.55. The van der Waals surface area contributed by atoms with E-state index in [1.807, 2.05) is 43.3 Å². The Labute approximate surface area is 138 Å². The molecule has 0 fully saturated rings. The van der Waals surface area contributed by atoms with E-state index in [2.05, 4.69) is 10.1 Å². The number of hydrogen-bond acceptors (Lipinski definition) is 6. The van der Waals surface area contributed by atoms with Crippen molar-refractivity contribution >= 4 is 32.6 Å². The number of aryl methyl sites for hydroxylation is 1. The number of fused-ring (bicyclic) bond motifs is 1. The normalized spacial score (nSPS) is 11.3. The molecule has 6 nitrogen and oxygen atoms in total. The maximum atomic E-state index is 12.8. The van der Waals surface area contributed by atoms with Crippen LogP contribution in [0.2, 0.25) is 0 Å². The van der Waals surface area contributed by atoms with Gasteiger partial charge in [0.15, 0.2) is 10.8 Å². The SMILES string of the molecule is Cc1cc(C(=O)N(CCN(C)C)c2nc3ccccc3s2)no1. The Morgan fingerprint density at radius 3 is 2.70 bits per heavy atom. The second-order valence-corrected chi connectivity index (χ2v) is 6.56. The smallest absolute Gasteiger partial charge is 0.282 e. The molecule has 0 saturated carbocycles. The lowest BCUT2D eigenvalue weighted by Crippen LogP contribution is -2.36. The minimum atomic E-state index is -0.192. The van der Waals surface area contributed by atoms with E-state index in [1.54, 1.807) is 17.9 Å². The zero-order valence-electron chi connectivity index (χ0n) is 13.3. The molecular formula is C16H18N4O2S. The molecule has 0 bridgehead atoms. The van der Waals surface area contributed by atoms with E-state index >= 15 is 0 Å². The summed E-state index contributed by atoms with van der Waals surface area (Å²) in [6.07, 6.45) is 0. The Morgan fingerprint density at radius 1 is 1.26 bits per heavy atom. The molecule has 0 aliphatic heterocycles. The molecule has 0 spiro atoms. The van der Waals surface area contributed by atoms with Crippen LogP contribution in [0.5, 0.6) is 0 Å². The molecule has 3 aromatic rings. The van der Waals surface area contributed by atoms with Gasteiger partial charge in [-0.05, 0) is 33.2 Å². The van der Waals surface area contributed by atoms with E-state index in [0.717, 1.165) is 16.8 Å². The summed E-state index contributed by atoms with van der Waals surface area (Å²) in [5.41, 5.74) is 1.20. The van der Waals surface area contributed by atoms with Crippen LogP contribution in [0.25, 0.3) is 10.2 Å². The van der Waals surface area contributed by atoms with Crippen molar-refractivity contribution in [3.8, 4) is 0 Å². The number of amides is 1. The Balaban J connectivity index is 1.95. The van der Waals surface area contributed by atoms with Gasteiger partial charge in [0.25, 0.3) is 5.91 Å². The predicted molar refractivity (Wildman–Crippen MR) is 91.1 cm³/mol. The average molecular weight is 330 g/mol. The highest BCUT2D eigenvalue weighted by Crippen LogP contribution is 2.29. The lowest BCUT2D eigenvalue weighted by molar-refractivity contribution is 0.0976. The number of para-hydroxylation sites is 1. The molecule has 1 amide bonds. The van der Waals surface area contributed by atoms with Gasteiger partial charge in [-0.1, -0.05) is 28.6 Å². The van der Waals surface area contributed by atoms with Gasteiger partial charge < -0.3 is 9.42 Å². The molecule has 0 unspecified atom stereocenters. The topological polar surface area (TPSA) is 62.5 Å². The number of carbonyl (C=O) groups is 1. The van der Waals surface area contributed by atoms with Crippen LogP contribution < -0.4 is 4.90 Å². The Hall–Kier alpha value is -2.25. The lowest BCUT2D eigenvalue weighted by atomic mass is 10.3. The summed E-state index contributed by atoms with van der Waals surface area (Å²) in [5, 5.41) is 4.52. The van der Waals surface area contributed by atoms with Crippen molar-refractivity contribution in [2.24, 2.45) is 0 Å². The van der Waals surface area contributed by atoms with Gasteiger partial charge in [0.1, 0.15) is 5.76 Å². The molecule has 0 aliphatic rings. The van der Waals surface area contributed by atoms with Gasteiger partial charge in [0.05, 0.1) is 10.2 Å². The molecule has 0 atom stereocenters. The number of anilines is 1. The molecule has 0 aliphatic carbocycles. The third-order valence-corrected chi connectivity index (χ3v) is 4.44. The minimum Gasteiger partial charge on any atom is -0.361 e. The van der Waals surface area contributed by atoms with Gasteiger partial charge in [-0.15, -0.1) is 0 Å². The van der Waals surface area contributed by atoms with E-state index < -0.39 is 0 Å². The molecule has 23 heavy (non-hydrogen) atoms. The molecule has 1 aromatic carbocycles. The maximum Gasteiger partial charge on any atom is 0.282 e. The van der Waals surface area contributed by atoms with E-state index in [0.29, 0.717) is 23.1 Å². The van der Waals surface area contributed by atoms with E-state index in [-0.39, 0.29) is 5.91 Å².